The Kier molecular flexibility index (Phi) is 8.79. The van der Waals surface area contributed by atoms with Crippen LogP contribution in [0.1, 0.15) is 0 Å². The fourth-order valence-electron chi connectivity index (χ4n) is 10.8. The van der Waals surface area contributed by atoms with Crippen LogP contribution in [0.3, 0.4) is 0 Å². The van der Waals surface area contributed by atoms with Crippen molar-refractivity contribution in [3.05, 3.63) is 243 Å². The van der Waals surface area contributed by atoms with E-state index in [1.807, 2.05) is 18.2 Å². The van der Waals surface area contributed by atoms with Gasteiger partial charge in [0.25, 0.3) is 0 Å². The van der Waals surface area contributed by atoms with E-state index < -0.39 is 0 Å². The first-order valence-electron chi connectivity index (χ1n) is 23.4. The minimum Gasteiger partial charge on any atom is -0.309 e. The first-order chi connectivity index (χ1) is 34.3. The van der Waals surface area contributed by atoms with Crippen molar-refractivity contribution in [2.45, 2.75) is 0 Å². The number of hydrogen-bond donors (Lipinski definition) is 0. The van der Waals surface area contributed by atoms with Gasteiger partial charge in [-0.1, -0.05) is 194 Å². The van der Waals surface area contributed by atoms with Crippen molar-refractivity contribution in [3.63, 3.8) is 0 Å². The Morgan fingerprint density at radius 1 is 0.261 bits per heavy atom. The predicted molar refractivity (Wildman–Crippen MR) is 285 cm³/mol. The monoisotopic (exact) mass is 880 g/mol. The fraction of sp³-hybridized carbons (Fsp3) is 0. The molecule has 0 amide bonds. The van der Waals surface area contributed by atoms with E-state index in [4.69, 9.17) is 15.0 Å². The molecule has 0 aliphatic rings. The van der Waals surface area contributed by atoms with Crippen LogP contribution in [-0.2, 0) is 0 Å². The molecule has 6 heteroatoms. The highest BCUT2D eigenvalue weighted by atomic mass is 15.2. The summed E-state index contributed by atoms with van der Waals surface area (Å²) in [5.74, 6) is 1.75. The third-order valence-corrected chi connectivity index (χ3v) is 13.7. The summed E-state index contributed by atoms with van der Waals surface area (Å²) in [6.07, 6.45) is 0. The van der Waals surface area contributed by atoms with Crippen LogP contribution >= 0.6 is 0 Å². The maximum atomic E-state index is 5.59. The van der Waals surface area contributed by atoms with Crippen LogP contribution in [0.2, 0.25) is 0 Å². The van der Waals surface area contributed by atoms with Crippen LogP contribution in [0.25, 0.3) is 128 Å². The second kappa shape index (κ2) is 15.6. The van der Waals surface area contributed by atoms with Crippen molar-refractivity contribution in [1.82, 2.24) is 28.7 Å². The summed E-state index contributed by atoms with van der Waals surface area (Å²) in [6.45, 7) is 0. The first-order valence-corrected chi connectivity index (χ1v) is 23.4. The minimum atomic E-state index is 0.545. The lowest BCUT2D eigenvalue weighted by Crippen LogP contribution is -2.07. The van der Waals surface area contributed by atoms with Crippen molar-refractivity contribution < 1.29 is 0 Å². The smallest absolute Gasteiger partial charge is 0.238 e. The number of rotatable bonds is 7. The zero-order valence-electron chi connectivity index (χ0n) is 37.3. The summed E-state index contributed by atoms with van der Waals surface area (Å²) in [7, 11) is 0. The van der Waals surface area contributed by atoms with Crippen LogP contribution in [0, 0.1) is 0 Å². The molecule has 14 rings (SSSR count). The van der Waals surface area contributed by atoms with Gasteiger partial charge in [-0.3, -0.25) is 4.57 Å². The number of nitrogens with zero attached hydrogens (tertiary/aromatic N) is 6. The molecule has 0 unspecified atom stereocenters. The summed E-state index contributed by atoms with van der Waals surface area (Å²) in [4.78, 5) is 16.4. The summed E-state index contributed by atoms with van der Waals surface area (Å²) in [5, 5.41) is 6.77. The highest BCUT2D eigenvalue weighted by molar-refractivity contribution is 6.24. The summed E-state index contributed by atoms with van der Waals surface area (Å²) < 4.78 is 7.06. The molecule has 0 spiro atoms. The average Bonchev–Trinajstić information content (AvgIpc) is 4.08. The SMILES string of the molecule is c1ccc(-c2nc(-c3cccc4c3c3ccccc3n4-c3ccccc3)nc(-n3c4ccccc4c4ccc5c6ccccc6n(-c6cccc(-c7ccccc7-c7ccccc7)c6)c5c43)n2)cc1. The van der Waals surface area contributed by atoms with E-state index in [1.165, 1.54) is 22.1 Å². The number of fused-ring (bicyclic) bond motifs is 10. The van der Waals surface area contributed by atoms with Gasteiger partial charge in [0.05, 0.1) is 33.1 Å². The molecule has 0 aliphatic carbocycles. The Hall–Kier alpha value is -9.39. The van der Waals surface area contributed by atoms with Crippen LogP contribution in [0.5, 0.6) is 0 Å². The Labute approximate surface area is 397 Å². The Bertz CT molecular complexity index is 4300. The van der Waals surface area contributed by atoms with E-state index in [2.05, 4.69) is 238 Å². The zero-order chi connectivity index (χ0) is 45.4. The van der Waals surface area contributed by atoms with Gasteiger partial charge in [0.15, 0.2) is 11.6 Å². The maximum absolute atomic E-state index is 5.59. The third-order valence-electron chi connectivity index (χ3n) is 13.7. The quantitative estimate of drug-likeness (QED) is 0.160. The fourth-order valence-corrected chi connectivity index (χ4v) is 10.8. The van der Waals surface area contributed by atoms with Gasteiger partial charge in [-0.2, -0.15) is 9.97 Å². The average molecular weight is 881 g/mol. The van der Waals surface area contributed by atoms with Gasteiger partial charge < -0.3 is 9.13 Å². The molecule has 0 saturated carbocycles. The highest BCUT2D eigenvalue weighted by Gasteiger charge is 2.25. The number of aromatic nitrogens is 6. The first kappa shape index (κ1) is 38.8. The van der Waals surface area contributed by atoms with Gasteiger partial charge in [-0.05, 0) is 70.8 Å². The normalized spacial score (nSPS) is 11.8. The predicted octanol–water partition coefficient (Wildman–Crippen LogP) is 15.8. The zero-order valence-corrected chi connectivity index (χ0v) is 37.3. The van der Waals surface area contributed by atoms with Crippen LogP contribution < -0.4 is 0 Å². The van der Waals surface area contributed by atoms with Crippen LogP contribution in [0.15, 0.2) is 243 Å². The van der Waals surface area contributed by atoms with Gasteiger partial charge in [0.1, 0.15) is 0 Å². The third kappa shape index (κ3) is 6.09. The Balaban J connectivity index is 1.07. The standard InChI is InChI=1S/C63H40N6/c1-4-20-41(21-5-1)46-28-10-11-29-47(46)43-24-18-27-45(40-43)68-54-34-15-12-30-48(54)50-38-39-51-49-31-13-16-35-55(49)69(60(51)59(50)68)63-65-61(42-22-6-2-7-23-42)64-62(66-63)53-33-19-37-57-58(53)52-32-14-17-36-56(52)67(57)44-25-8-3-9-26-44/h1-40H. The largest absolute Gasteiger partial charge is 0.309 e. The molecule has 0 saturated heterocycles. The molecule has 322 valence electrons. The Morgan fingerprint density at radius 3 is 1.42 bits per heavy atom. The molecule has 0 radical (unpaired) electrons. The molecule has 6 nitrogen and oxygen atoms in total. The van der Waals surface area contributed by atoms with E-state index >= 15 is 0 Å². The molecule has 0 aliphatic heterocycles. The second-order valence-electron chi connectivity index (χ2n) is 17.6. The van der Waals surface area contributed by atoms with E-state index in [9.17, 15) is 0 Å². The van der Waals surface area contributed by atoms with Crippen molar-refractivity contribution in [2.24, 2.45) is 0 Å². The van der Waals surface area contributed by atoms with E-state index in [0.29, 0.717) is 17.6 Å². The lowest BCUT2D eigenvalue weighted by atomic mass is 9.94. The van der Waals surface area contributed by atoms with Gasteiger partial charge in [0.2, 0.25) is 5.95 Å². The maximum Gasteiger partial charge on any atom is 0.238 e. The lowest BCUT2D eigenvalue weighted by molar-refractivity contribution is 0.954. The molecule has 4 heterocycles. The minimum absolute atomic E-state index is 0.545. The molecule has 0 bridgehead atoms. The molecule has 14 aromatic rings. The lowest BCUT2D eigenvalue weighted by Gasteiger charge is -2.15. The molecule has 10 aromatic carbocycles. The molecule has 0 N–H and O–H groups in total. The molecule has 0 fully saturated rings. The van der Waals surface area contributed by atoms with Gasteiger partial charge in [0, 0.05) is 54.8 Å². The van der Waals surface area contributed by atoms with E-state index in [0.717, 1.165) is 88.1 Å². The highest BCUT2D eigenvalue weighted by Crippen LogP contribution is 2.44. The molecule has 0 atom stereocenters. The second-order valence-corrected chi connectivity index (χ2v) is 17.6. The van der Waals surface area contributed by atoms with Crippen molar-refractivity contribution >= 4 is 65.4 Å². The summed E-state index contributed by atoms with van der Waals surface area (Å²) >= 11 is 0. The number of benzene rings is 10. The van der Waals surface area contributed by atoms with Crippen molar-refractivity contribution in [3.8, 4) is 62.4 Å². The van der Waals surface area contributed by atoms with E-state index in [-0.39, 0.29) is 0 Å². The molecular formula is C63H40N6. The molecule has 69 heavy (non-hydrogen) atoms. The van der Waals surface area contributed by atoms with E-state index in [1.54, 1.807) is 0 Å². The number of hydrogen-bond acceptors (Lipinski definition) is 3. The summed E-state index contributed by atoms with van der Waals surface area (Å²) in [5.41, 5.74) is 15.1. The van der Waals surface area contributed by atoms with Crippen molar-refractivity contribution in [2.75, 3.05) is 0 Å². The summed E-state index contributed by atoms with van der Waals surface area (Å²) in [6, 6.07) is 86.2. The Morgan fingerprint density at radius 2 is 0.725 bits per heavy atom. The van der Waals surface area contributed by atoms with Crippen molar-refractivity contribution in [1.29, 1.82) is 0 Å². The topological polar surface area (TPSA) is 53.5 Å². The van der Waals surface area contributed by atoms with Crippen LogP contribution in [-0.4, -0.2) is 28.7 Å². The molecular weight excluding hydrogens is 841 g/mol. The van der Waals surface area contributed by atoms with Gasteiger partial charge in [-0.25, -0.2) is 4.98 Å². The van der Waals surface area contributed by atoms with Crippen LogP contribution in [0.4, 0.5) is 0 Å². The van der Waals surface area contributed by atoms with Gasteiger partial charge >= 0.3 is 0 Å². The number of para-hydroxylation sites is 4. The molecule has 4 aromatic heterocycles. The van der Waals surface area contributed by atoms with Gasteiger partial charge in [-0.15, -0.1) is 0 Å².